The van der Waals surface area contributed by atoms with E-state index in [0.29, 0.717) is 0 Å². The Morgan fingerprint density at radius 2 is 1.45 bits per heavy atom. The van der Waals surface area contributed by atoms with E-state index in [2.05, 4.69) is 37.3 Å². The average molecular weight is 270 g/mol. The van der Waals surface area contributed by atoms with Gasteiger partial charge >= 0.3 is 0 Å². The molecule has 0 aromatic heterocycles. The molecule has 3 unspecified atom stereocenters. The molecule has 0 amide bonds. The second kappa shape index (κ2) is 6.78. The summed E-state index contributed by atoms with van der Waals surface area (Å²) in [6, 6.07) is 11.3. The molecule has 3 rings (SSSR count). The fourth-order valence-electron chi connectivity index (χ4n) is 4.96. The largest absolute Gasteiger partial charge is 0.0622 e. The smallest absolute Gasteiger partial charge is 0.0159 e. The zero-order valence-corrected chi connectivity index (χ0v) is 13.1. The topological polar surface area (TPSA) is 0 Å². The first-order chi connectivity index (χ1) is 9.86. The van der Waals surface area contributed by atoms with Crippen LogP contribution in [0.4, 0.5) is 0 Å². The van der Waals surface area contributed by atoms with Gasteiger partial charge in [-0.3, -0.25) is 0 Å². The highest BCUT2D eigenvalue weighted by Gasteiger charge is 2.35. The van der Waals surface area contributed by atoms with Gasteiger partial charge < -0.3 is 0 Å². The van der Waals surface area contributed by atoms with E-state index in [1.807, 2.05) is 0 Å². The Hall–Kier alpha value is -0.780. The molecular formula is C20H30. The highest BCUT2D eigenvalue weighted by atomic mass is 14.4. The highest BCUT2D eigenvalue weighted by Crippen LogP contribution is 2.46. The third-order valence-corrected chi connectivity index (χ3v) is 6.10. The molecule has 0 heterocycles. The lowest BCUT2D eigenvalue weighted by atomic mass is 9.63. The van der Waals surface area contributed by atoms with E-state index in [4.69, 9.17) is 0 Å². The van der Waals surface area contributed by atoms with Crippen LogP contribution in [0.5, 0.6) is 0 Å². The minimum absolute atomic E-state index is 0.753. The predicted octanol–water partition coefficient (Wildman–Crippen LogP) is 6.18. The van der Waals surface area contributed by atoms with Crippen LogP contribution in [0.15, 0.2) is 30.3 Å². The third-order valence-electron chi connectivity index (χ3n) is 6.10. The van der Waals surface area contributed by atoms with Crippen molar-refractivity contribution >= 4 is 0 Å². The Morgan fingerprint density at radius 3 is 2.20 bits per heavy atom. The fraction of sp³-hybridized carbons (Fsp3) is 0.700. The lowest BCUT2D eigenvalue weighted by molar-refractivity contribution is 0.113. The normalized spacial score (nSPS) is 30.1. The van der Waals surface area contributed by atoms with E-state index in [9.17, 15) is 0 Å². The van der Waals surface area contributed by atoms with Crippen molar-refractivity contribution in [3.05, 3.63) is 35.9 Å². The average Bonchev–Trinajstić information content (AvgIpc) is 2.56. The zero-order valence-electron chi connectivity index (χ0n) is 13.1. The number of hydrogen-bond donors (Lipinski definition) is 0. The minimum atomic E-state index is 0.753. The molecule has 2 aliphatic carbocycles. The summed E-state index contributed by atoms with van der Waals surface area (Å²) in [5.41, 5.74) is 1.57. The van der Waals surface area contributed by atoms with Crippen LogP contribution in [0, 0.1) is 17.8 Å². The Bertz CT molecular complexity index is 388. The van der Waals surface area contributed by atoms with E-state index in [1.54, 1.807) is 5.56 Å². The molecule has 110 valence electrons. The second-order valence-electron chi connectivity index (χ2n) is 7.21. The maximum Gasteiger partial charge on any atom is -0.0159 e. The van der Waals surface area contributed by atoms with Crippen LogP contribution >= 0.6 is 0 Å². The Morgan fingerprint density at radius 1 is 0.800 bits per heavy atom. The lowest BCUT2D eigenvalue weighted by Crippen LogP contribution is -2.31. The number of hydrogen-bond acceptors (Lipinski definition) is 0. The summed E-state index contributed by atoms with van der Waals surface area (Å²) in [6.07, 6.45) is 13.4. The monoisotopic (exact) mass is 270 g/mol. The summed E-state index contributed by atoms with van der Waals surface area (Å²) in [4.78, 5) is 0. The molecule has 0 aliphatic heterocycles. The van der Waals surface area contributed by atoms with E-state index >= 15 is 0 Å². The van der Waals surface area contributed by atoms with Crippen LogP contribution in [-0.2, 0) is 0 Å². The van der Waals surface area contributed by atoms with Gasteiger partial charge in [-0.2, -0.15) is 0 Å². The van der Waals surface area contributed by atoms with Crippen LogP contribution in [0.1, 0.15) is 76.2 Å². The summed E-state index contributed by atoms with van der Waals surface area (Å²) in [7, 11) is 0. The Kier molecular flexibility index (Phi) is 4.81. The second-order valence-corrected chi connectivity index (χ2v) is 7.21. The Balaban J connectivity index is 1.74. The van der Waals surface area contributed by atoms with Gasteiger partial charge in [-0.05, 0) is 42.1 Å². The van der Waals surface area contributed by atoms with E-state index in [1.165, 1.54) is 57.8 Å². The van der Waals surface area contributed by atoms with Crippen molar-refractivity contribution in [1.29, 1.82) is 0 Å². The van der Waals surface area contributed by atoms with Crippen LogP contribution in [0.3, 0.4) is 0 Å². The van der Waals surface area contributed by atoms with Gasteiger partial charge in [-0.1, -0.05) is 82.2 Å². The minimum Gasteiger partial charge on any atom is -0.0622 e. The molecular weight excluding hydrogens is 240 g/mol. The van der Waals surface area contributed by atoms with Crippen molar-refractivity contribution < 1.29 is 0 Å². The molecule has 0 nitrogen and oxygen atoms in total. The molecule has 0 heteroatoms. The van der Waals surface area contributed by atoms with Crippen LogP contribution < -0.4 is 0 Å². The van der Waals surface area contributed by atoms with E-state index in [0.717, 1.165) is 23.7 Å². The molecule has 3 atom stereocenters. The van der Waals surface area contributed by atoms with Gasteiger partial charge in [0, 0.05) is 0 Å². The molecule has 1 aromatic carbocycles. The van der Waals surface area contributed by atoms with E-state index in [-0.39, 0.29) is 0 Å². The molecule has 0 bridgehead atoms. The van der Waals surface area contributed by atoms with Gasteiger partial charge in [0.25, 0.3) is 0 Å². The first-order valence-corrected chi connectivity index (χ1v) is 8.91. The SMILES string of the molecule is CC(c1ccccc1)C1CCCCC1C1CCCCC1. The van der Waals surface area contributed by atoms with Gasteiger partial charge in [-0.25, -0.2) is 0 Å². The van der Waals surface area contributed by atoms with Crippen LogP contribution in [0.2, 0.25) is 0 Å². The van der Waals surface area contributed by atoms with Crippen molar-refractivity contribution in [2.45, 2.75) is 70.6 Å². The molecule has 0 N–H and O–H groups in total. The summed E-state index contributed by atoms with van der Waals surface area (Å²) < 4.78 is 0. The molecule has 2 aliphatic rings. The van der Waals surface area contributed by atoms with Gasteiger partial charge in [0.15, 0.2) is 0 Å². The zero-order chi connectivity index (χ0) is 13.8. The number of rotatable bonds is 3. The highest BCUT2D eigenvalue weighted by molar-refractivity contribution is 5.20. The number of benzene rings is 1. The standard InChI is InChI=1S/C20H30/c1-16(17-10-4-2-5-11-17)19-14-8-9-15-20(19)18-12-6-3-7-13-18/h2,4-5,10-11,16,18-20H,3,6-9,12-15H2,1H3. The maximum atomic E-state index is 2.49. The van der Waals surface area contributed by atoms with Crippen LogP contribution in [0.25, 0.3) is 0 Å². The molecule has 0 saturated heterocycles. The third kappa shape index (κ3) is 3.10. The fourth-order valence-corrected chi connectivity index (χ4v) is 4.96. The predicted molar refractivity (Wildman–Crippen MR) is 86.9 cm³/mol. The molecule has 2 fully saturated rings. The van der Waals surface area contributed by atoms with Crippen molar-refractivity contribution in [3.8, 4) is 0 Å². The molecule has 0 radical (unpaired) electrons. The molecule has 1 aromatic rings. The molecule has 2 saturated carbocycles. The first-order valence-electron chi connectivity index (χ1n) is 8.91. The molecule has 20 heavy (non-hydrogen) atoms. The maximum absolute atomic E-state index is 2.49. The van der Waals surface area contributed by atoms with Gasteiger partial charge in [0.1, 0.15) is 0 Å². The molecule has 0 spiro atoms. The van der Waals surface area contributed by atoms with Gasteiger partial charge in [0.2, 0.25) is 0 Å². The van der Waals surface area contributed by atoms with Crippen molar-refractivity contribution in [3.63, 3.8) is 0 Å². The van der Waals surface area contributed by atoms with Crippen LogP contribution in [-0.4, -0.2) is 0 Å². The quantitative estimate of drug-likeness (QED) is 0.615. The lowest BCUT2D eigenvalue weighted by Gasteiger charge is -2.42. The summed E-state index contributed by atoms with van der Waals surface area (Å²) in [6.45, 7) is 2.49. The summed E-state index contributed by atoms with van der Waals surface area (Å²) in [5.74, 6) is 3.75. The van der Waals surface area contributed by atoms with Crippen molar-refractivity contribution in [2.24, 2.45) is 17.8 Å². The van der Waals surface area contributed by atoms with Crippen molar-refractivity contribution in [1.82, 2.24) is 0 Å². The van der Waals surface area contributed by atoms with E-state index < -0.39 is 0 Å². The Labute approximate surface area is 125 Å². The van der Waals surface area contributed by atoms with Crippen molar-refractivity contribution in [2.75, 3.05) is 0 Å². The van der Waals surface area contributed by atoms with Gasteiger partial charge in [0.05, 0.1) is 0 Å². The first kappa shape index (κ1) is 14.2. The van der Waals surface area contributed by atoms with Gasteiger partial charge in [-0.15, -0.1) is 0 Å². The summed E-state index contributed by atoms with van der Waals surface area (Å²) in [5, 5.41) is 0. The summed E-state index contributed by atoms with van der Waals surface area (Å²) >= 11 is 0.